The molecule has 1 aliphatic rings. The number of carbonyl (C=O) groups is 2. The summed E-state index contributed by atoms with van der Waals surface area (Å²) in [6.45, 7) is 2.02. The number of rotatable bonds is 2. The van der Waals surface area contributed by atoms with E-state index in [2.05, 4.69) is 5.32 Å². The molecular weight excluding hydrogens is 298 g/mol. The number of anilines is 2. The number of hydrogen-bond acceptors (Lipinski definition) is 3. The van der Waals surface area contributed by atoms with Gasteiger partial charge >= 0.3 is 0 Å². The van der Waals surface area contributed by atoms with Crippen LogP contribution in [0.2, 0.25) is 0 Å². The Morgan fingerprint density at radius 1 is 0.625 bits per heavy atom. The highest BCUT2D eigenvalue weighted by Crippen LogP contribution is 2.30. The van der Waals surface area contributed by atoms with Crippen LogP contribution in [0.1, 0.15) is 37.4 Å². The molecule has 4 rings (SSSR count). The standard InChI is InChI=1S/C21H15NO2/c1-13-5-4-6-14(11-13)22-15-9-10-18-19(12-15)21(24)17-8-3-2-7-16(17)20(18)23/h2-12,22H,1H3. The first-order valence-electron chi connectivity index (χ1n) is 7.79. The average Bonchev–Trinajstić information content (AvgIpc) is 2.60. The Morgan fingerprint density at radius 3 is 1.96 bits per heavy atom. The zero-order valence-electron chi connectivity index (χ0n) is 13.2. The maximum absolute atomic E-state index is 12.7. The normalized spacial score (nSPS) is 12.5. The van der Waals surface area contributed by atoms with Crippen LogP contribution in [0.5, 0.6) is 0 Å². The van der Waals surface area contributed by atoms with Gasteiger partial charge < -0.3 is 5.32 Å². The van der Waals surface area contributed by atoms with E-state index in [1.807, 2.05) is 37.3 Å². The Morgan fingerprint density at radius 2 is 1.25 bits per heavy atom. The molecule has 1 N–H and O–H groups in total. The molecule has 0 heterocycles. The molecule has 0 radical (unpaired) electrons. The van der Waals surface area contributed by atoms with E-state index in [-0.39, 0.29) is 11.6 Å². The van der Waals surface area contributed by atoms with Gasteiger partial charge in [0.15, 0.2) is 11.6 Å². The molecule has 3 nitrogen and oxygen atoms in total. The Balaban J connectivity index is 1.76. The largest absolute Gasteiger partial charge is 0.355 e. The number of ketones is 2. The minimum absolute atomic E-state index is 0.0951. The third kappa shape index (κ3) is 2.31. The second kappa shape index (κ2) is 5.46. The molecule has 0 atom stereocenters. The van der Waals surface area contributed by atoms with Crippen LogP contribution in [0.3, 0.4) is 0 Å². The fraction of sp³-hybridized carbons (Fsp3) is 0.0476. The summed E-state index contributed by atoms with van der Waals surface area (Å²) in [5.74, 6) is -0.199. The van der Waals surface area contributed by atoms with Crippen molar-refractivity contribution in [1.29, 1.82) is 0 Å². The lowest BCUT2D eigenvalue weighted by Gasteiger charge is -2.18. The van der Waals surface area contributed by atoms with Crippen molar-refractivity contribution in [3.05, 3.63) is 94.5 Å². The molecule has 3 heteroatoms. The van der Waals surface area contributed by atoms with Gasteiger partial charge in [-0.2, -0.15) is 0 Å². The summed E-state index contributed by atoms with van der Waals surface area (Å²) in [4.78, 5) is 25.3. The van der Waals surface area contributed by atoms with Crippen molar-refractivity contribution in [1.82, 2.24) is 0 Å². The van der Waals surface area contributed by atoms with Crippen LogP contribution in [0.25, 0.3) is 0 Å². The quantitative estimate of drug-likeness (QED) is 0.592. The van der Waals surface area contributed by atoms with Gasteiger partial charge in [0, 0.05) is 33.6 Å². The molecule has 0 saturated heterocycles. The topological polar surface area (TPSA) is 46.2 Å². The second-order valence-electron chi connectivity index (χ2n) is 5.96. The van der Waals surface area contributed by atoms with Gasteiger partial charge in [0.2, 0.25) is 0 Å². The lowest BCUT2D eigenvalue weighted by Crippen LogP contribution is -2.20. The summed E-state index contributed by atoms with van der Waals surface area (Å²) < 4.78 is 0. The zero-order chi connectivity index (χ0) is 16.7. The van der Waals surface area contributed by atoms with Crippen LogP contribution in [-0.2, 0) is 0 Å². The second-order valence-corrected chi connectivity index (χ2v) is 5.96. The summed E-state index contributed by atoms with van der Waals surface area (Å²) in [7, 11) is 0. The third-order valence-electron chi connectivity index (χ3n) is 4.23. The van der Waals surface area contributed by atoms with E-state index in [1.165, 1.54) is 0 Å². The fourth-order valence-electron chi connectivity index (χ4n) is 3.07. The van der Waals surface area contributed by atoms with Crippen molar-refractivity contribution >= 4 is 22.9 Å². The molecule has 3 aromatic rings. The molecule has 0 bridgehead atoms. The molecule has 0 fully saturated rings. The van der Waals surface area contributed by atoms with E-state index in [0.29, 0.717) is 22.3 Å². The number of aryl methyl sites for hydroxylation is 1. The predicted octanol–water partition coefficient (Wildman–Crippen LogP) is 4.51. The van der Waals surface area contributed by atoms with Crippen LogP contribution in [0, 0.1) is 6.92 Å². The Bertz CT molecular complexity index is 989. The van der Waals surface area contributed by atoms with Crippen molar-refractivity contribution < 1.29 is 9.59 Å². The maximum atomic E-state index is 12.7. The first-order valence-corrected chi connectivity index (χ1v) is 7.79. The number of benzene rings is 3. The molecule has 0 amide bonds. The number of fused-ring (bicyclic) bond motifs is 2. The smallest absolute Gasteiger partial charge is 0.194 e. The minimum Gasteiger partial charge on any atom is -0.355 e. The summed E-state index contributed by atoms with van der Waals surface area (Å²) in [5.41, 5.74) is 4.77. The molecular formula is C21H15NO2. The predicted molar refractivity (Wildman–Crippen MR) is 94.2 cm³/mol. The van der Waals surface area contributed by atoms with Crippen LogP contribution >= 0.6 is 0 Å². The molecule has 24 heavy (non-hydrogen) atoms. The summed E-state index contributed by atoms with van der Waals surface area (Å²) >= 11 is 0. The van der Waals surface area contributed by atoms with Gasteiger partial charge in [0.25, 0.3) is 0 Å². The molecule has 116 valence electrons. The first-order chi connectivity index (χ1) is 11.6. The van der Waals surface area contributed by atoms with Crippen molar-refractivity contribution in [3.8, 4) is 0 Å². The monoisotopic (exact) mass is 313 g/mol. The highest BCUT2D eigenvalue weighted by atomic mass is 16.1. The lowest BCUT2D eigenvalue weighted by atomic mass is 9.84. The van der Waals surface area contributed by atoms with Crippen molar-refractivity contribution in [3.63, 3.8) is 0 Å². The van der Waals surface area contributed by atoms with Crippen LogP contribution in [0.4, 0.5) is 11.4 Å². The Kier molecular flexibility index (Phi) is 3.28. The third-order valence-corrected chi connectivity index (χ3v) is 4.23. The van der Waals surface area contributed by atoms with Crippen LogP contribution in [0.15, 0.2) is 66.7 Å². The average molecular weight is 313 g/mol. The van der Waals surface area contributed by atoms with Gasteiger partial charge in [-0.05, 0) is 42.8 Å². The van der Waals surface area contributed by atoms with E-state index < -0.39 is 0 Å². The van der Waals surface area contributed by atoms with Crippen LogP contribution in [-0.4, -0.2) is 11.6 Å². The van der Waals surface area contributed by atoms with E-state index in [9.17, 15) is 9.59 Å². The minimum atomic E-state index is -0.104. The van der Waals surface area contributed by atoms with E-state index >= 15 is 0 Å². The highest BCUT2D eigenvalue weighted by molar-refractivity contribution is 6.28. The number of carbonyl (C=O) groups excluding carboxylic acids is 2. The van der Waals surface area contributed by atoms with E-state index in [0.717, 1.165) is 16.9 Å². The van der Waals surface area contributed by atoms with Gasteiger partial charge in [-0.25, -0.2) is 0 Å². The maximum Gasteiger partial charge on any atom is 0.194 e. The molecule has 0 aliphatic heterocycles. The summed E-state index contributed by atoms with van der Waals surface area (Å²) in [6, 6.07) is 20.3. The molecule has 1 aliphatic carbocycles. The van der Waals surface area contributed by atoms with E-state index in [1.54, 1.807) is 36.4 Å². The van der Waals surface area contributed by atoms with Gasteiger partial charge in [-0.1, -0.05) is 36.4 Å². The van der Waals surface area contributed by atoms with Gasteiger partial charge in [0.1, 0.15) is 0 Å². The molecule has 3 aromatic carbocycles. The SMILES string of the molecule is Cc1cccc(Nc2ccc3c(c2)C(=O)c2ccccc2C3=O)c1. The summed E-state index contributed by atoms with van der Waals surface area (Å²) in [6.07, 6.45) is 0. The fourth-order valence-corrected chi connectivity index (χ4v) is 3.07. The molecule has 0 unspecified atom stereocenters. The molecule has 0 saturated carbocycles. The number of hydrogen-bond donors (Lipinski definition) is 1. The Hall–Kier alpha value is -3.20. The van der Waals surface area contributed by atoms with Gasteiger partial charge in [-0.3, -0.25) is 9.59 Å². The Labute approximate surface area is 140 Å². The summed E-state index contributed by atoms with van der Waals surface area (Å²) in [5, 5.41) is 3.29. The van der Waals surface area contributed by atoms with Crippen LogP contribution < -0.4 is 5.32 Å². The zero-order valence-corrected chi connectivity index (χ0v) is 13.2. The molecule has 0 aromatic heterocycles. The van der Waals surface area contributed by atoms with Crippen molar-refractivity contribution in [2.45, 2.75) is 6.92 Å². The highest BCUT2D eigenvalue weighted by Gasteiger charge is 2.29. The van der Waals surface area contributed by atoms with Crippen molar-refractivity contribution in [2.75, 3.05) is 5.32 Å². The number of nitrogens with one attached hydrogen (secondary N) is 1. The molecule has 0 spiro atoms. The lowest BCUT2D eigenvalue weighted by molar-refractivity contribution is 0.0979. The van der Waals surface area contributed by atoms with Gasteiger partial charge in [-0.15, -0.1) is 0 Å². The first kappa shape index (κ1) is 14.4. The van der Waals surface area contributed by atoms with Gasteiger partial charge in [0.05, 0.1) is 0 Å². The van der Waals surface area contributed by atoms with E-state index in [4.69, 9.17) is 0 Å². The van der Waals surface area contributed by atoms with Crippen molar-refractivity contribution in [2.24, 2.45) is 0 Å².